The number of halogens is 2. The number of carbonyl (C=O) groups is 2. The predicted molar refractivity (Wildman–Crippen MR) is 61.9 cm³/mol. The molecule has 0 radical (unpaired) electrons. The standard InChI is InChI=1S/C10H10F2N2O5S/c11-7-2-1-6(3-8(7)12)20(18,19)14(4-9(13)15)5-10(16)17/h1-3H,4-5H2,(H2,13,15)(H,16,17). The van der Waals surface area contributed by atoms with E-state index < -0.39 is 51.5 Å². The van der Waals surface area contributed by atoms with E-state index in [2.05, 4.69) is 0 Å². The van der Waals surface area contributed by atoms with Gasteiger partial charge < -0.3 is 10.8 Å². The molecule has 1 aromatic carbocycles. The van der Waals surface area contributed by atoms with E-state index in [1.807, 2.05) is 0 Å². The van der Waals surface area contributed by atoms with E-state index in [1.54, 1.807) is 0 Å². The fraction of sp³-hybridized carbons (Fsp3) is 0.200. The van der Waals surface area contributed by atoms with E-state index in [0.717, 1.165) is 6.07 Å². The first-order valence-electron chi connectivity index (χ1n) is 5.10. The Morgan fingerprint density at radius 3 is 2.25 bits per heavy atom. The van der Waals surface area contributed by atoms with Crippen molar-refractivity contribution in [3.05, 3.63) is 29.8 Å². The van der Waals surface area contributed by atoms with Gasteiger partial charge in [0, 0.05) is 0 Å². The van der Waals surface area contributed by atoms with Crippen LogP contribution in [0, 0.1) is 11.6 Å². The molecule has 3 N–H and O–H groups in total. The third-order valence-corrected chi connectivity index (χ3v) is 3.96. The van der Waals surface area contributed by atoms with Crippen molar-refractivity contribution in [3.63, 3.8) is 0 Å². The van der Waals surface area contributed by atoms with Gasteiger partial charge in [-0.15, -0.1) is 0 Å². The van der Waals surface area contributed by atoms with Gasteiger partial charge >= 0.3 is 5.97 Å². The molecule has 7 nitrogen and oxygen atoms in total. The number of benzene rings is 1. The lowest BCUT2D eigenvalue weighted by Gasteiger charge is -2.18. The van der Waals surface area contributed by atoms with Crippen LogP contribution < -0.4 is 5.73 Å². The largest absolute Gasteiger partial charge is 0.480 e. The number of primary amides is 1. The highest BCUT2D eigenvalue weighted by molar-refractivity contribution is 7.89. The van der Waals surface area contributed by atoms with Crippen LogP contribution in [0.25, 0.3) is 0 Å². The molecule has 0 heterocycles. The first-order valence-corrected chi connectivity index (χ1v) is 6.54. The average Bonchev–Trinajstić information content (AvgIpc) is 2.30. The van der Waals surface area contributed by atoms with Gasteiger partial charge in [-0.3, -0.25) is 9.59 Å². The molecular formula is C10H10F2N2O5S. The number of carbonyl (C=O) groups excluding carboxylic acids is 1. The van der Waals surface area contributed by atoms with Crippen LogP contribution in [-0.2, 0) is 19.6 Å². The smallest absolute Gasteiger partial charge is 0.318 e. The van der Waals surface area contributed by atoms with Gasteiger partial charge in [0.1, 0.15) is 6.54 Å². The number of hydrogen-bond donors (Lipinski definition) is 2. The molecule has 0 fully saturated rings. The number of sulfonamides is 1. The van der Waals surface area contributed by atoms with Crippen molar-refractivity contribution >= 4 is 21.9 Å². The summed E-state index contributed by atoms with van der Waals surface area (Å²) in [4.78, 5) is 20.7. The molecule has 1 rings (SSSR count). The SMILES string of the molecule is NC(=O)CN(CC(=O)O)S(=O)(=O)c1ccc(F)c(F)c1. The highest BCUT2D eigenvalue weighted by Gasteiger charge is 2.28. The molecule has 0 aliphatic heterocycles. The first kappa shape index (κ1) is 16.0. The highest BCUT2D eigenvalue weighted by atomic mass is 32.2. The van der Waals surface area contributed by atoms with Gasteiger partial charge in [-0.1, -0.05) is 0 Å². The lowest BCUT2D eigenvalue weighted by Crippen LogP contribution is -2.41. The number of nitrogens with two attached hydrogens (primary N) is 1. The second-order valence-electron chi connectivity index (χ2n) is 3.71. The molecule has 1 aromatic rings. The normalized spacial score (nSPS) is 11.6. The number of hydrogen-bond acceptors (Lipinski definition) is 4. The lowest BCUT2D eigenvalue weighted by atomic mass is 10.3. The summed E-state index contributed by atoms with van der Waals surface area (Å²) >= 11 is 0. The second kappa shape index (κ2) is 5.92. The van der Waals surface area contributed by atoms with Crippen LogP contribution in [0.4, 0.5) is 8.78 Å². The average molecular weight is 308 g/mol. The number of carboxylic acids is 1. The van der Waals surface area contributed by atoms with Crippen molar-refractivity contribution < 1.29 is 31.9 Å². The summed E-state index contributed by atoms with van der Waals surface area (Å²) in [6, 6.07) is 1.72. The van der Waals surface area contributed by atoms with Crippen LogP contribution >= 0.6 is 0 Å². The minimum Gasteiger partial charge on any atom is -0.480 e. The molecule has 0 spiro atoms. The summed E-state index contributed by atoms with van der Waals surface area (Å²) in [6.45, 7) is -1.93. The summed E-state index contributed by atoms with van der Waals surface area (Å²) in [5.74, 6) is -5.29. The molecule has 10 heteroatoms. The summed E-state index contributed by atoms with van der Waals surface area (Å²) in [6.07, 6.45) is 0. The summed E-state index contributed by atoms with van der Waals surface area (Å²) in [7, 11) is -4.49. The third kappa shape index (κ3) is 3.71. The van der Waals surface area contributed by atoms with Crippen LogP contribution in [0.2, 0.25) is 0 Å². The number of rotatable bonds is 6. The molecule has 0 saturated carbocycles. The van der Waals surface area contributed by atoms with E-state index in [9.17, 15) is 26.8 Å². The fourth-order valence-corrected chi connectivity index (χ4v) is 2.71. The topological polar surface area (TPSA) is 118 Å². The highest BCUT2D eigenvalue weighted by Crippen LogP contribution is 2.18. The third-order valence-electron chi connectivity index (χ3n) is 2.17. The molecule has 1 amide bonds. The number of aliphatic carboxylic acids is 1. The maximum absolute atomic E-state index is 13.0. The zero-order valence-corrected chi connectivity index (χ0v) is 10.7. The Morgan fingerprint density at radius 1 is 1.20 bits per heavy atom. The number of carboxylic acid groups (broad SMARTS) is 1. The molecular weight excluding hydrogens is 298 g/mol. The van der Waals surface area contributed by atoms with Gasteiger partial charge in [-0.05, 0) is 18.2 Å². The molecule has 0 aromatic heterocycles. The van der Waals surface area contributed by atoms with Crippen LogP contribution in [0.3, 0.4) is 0 Å². The zero-order valence-electron chi connectivity index (χ0n) is 9.92. The minimum absolute atomic E-state index is 0.254. The van der Waals surface area contributed by atoms with Crippen molar-refractivity contribution in [1.82, 2.24) is 4.31 Å². The van der Waals surface area contributed by atoms with Crippen LogP contribution in [-0.4, -0.2) is 42.8 Å². The molecule has 20 heavy (non-hydrogen) atoms. The Hall–Kier alpha value is -2.07. The van der Waals surface area contributed by atoms with E-state index in [-0.39, 0.29) is 4.31 Å². The van der Waals surface area contributed by atoms with Gasteiger partial charge in [-0.2, -0.15) is 4.31 Å². The molecule has 0 atom stereocenters. The Bertz CT molecular complexity index is 631. The second-order valence-corrected chi connectivity index (χ2v) is 5.65. The Balaban J connectivity index is 3.24. The molecule has 110 valence electrons. The summed E-state index contributed by atoms with van der Waals surface area (Å²) < 4.78 is 50.1. The summed E-state index contributed by atoms with van der Waals surface area (Å²) in [5, 5.41) is 8.61. The fourth-order valence-electron chi connectivity index (χ4n) is 1.34. The number of nitrogens with zero attached hydrogens (tertiary/aromatic N) is 1. The first-order chi connectivity index (χ1) is 9.14. The van der Waals surface area contributed by atoms with Gasteiger partial charge in [0.25, 0.3) is 0 Å². The molecule has 0 unspecified atom stereocenters. The van der Waals surface area contributed by atoms with Gasteiger partial charge in [0.15, 0.2) is 11.6 Å². The molecule has 0 aliphatic rings. The molecule has 0 aliphatic carbocycles. The van der Waals surface area contributed by atoms with Crippen LogP contribution in [0.1, 0.15) is 0 Å². The maximum Gasteiger partial charge on any atom is 0.318 e. The van der Waals surface area contributed by atoms with Gasteiger partial charge in [0.05, 0.1) is 11.4 Å². The Morgan fingerprint density at radius 2 is 1.80 bits per heavy atom. The minimum atomic E-state index is -4.49. The Kier molecular flexibility index (Phi) is 4.73. The van der Waals surface area contributed by atoms with Crippen molar-refractivity contribution in [1.29, 1.82) is 0 Å². The van der Waals surface area contributed by atoms with Crippen LogP contribution in [0.15, 0.2) is 23.1 Å². The zero-order chi connectivity index (χ0) is 15.5. The van der Waals surface area contributed by atoms with Gasteiger partial charge in [-0.25, -0.2) is 17.2 Å². The maximum atomic E-state index is 13.0. The van der Waals surface area contributed by atoms with E-state index in [0.29, 0.717) is 12.1 Å². The van der Waals surface area contributed by atoms with Crippen LogP contribution in [0.5, 0.6) is 0 Å². The Labute approximate surface area is 112 Å². The van der Waals surface area contributed by atoms with E-state index in [1.165, 1.54) is 0 Å². The van der Waals surface area contributed by atoms with Gasteiger partial charge in [0.2, 0.25) is 15.9 Å². The quantitative estimate of drug-likeness (QED) is 0.736. The lowest BCUT2D eigenvalue weighted by molar-refractivity contribution is -0.137. The van der Waals surface area contributed by atoms with Crippen molar-refractivity contribution in [3.8, 4) is 0 Å². The molecule has 0 bridgehead atoms. The van der Waals surface area contributed by atoms with E-state index in [4.69, 9.17) is 10.8 Å². The van der Waals surface area contributed by atoms with E-state index >= 15 is 0 Å². The van der Waals surface area contributed by atoms with Crippen molar-refractivity contribution in [2.24, 2.45) is 5.73 Å². The van der Waals surface area contributed by atoms with Crippen molar-refractivity contribution in [2.75, 3.05) is 13.1 Å². The summed E-state index contributed by atoms with van der Waals surface area (Å²) in [5.41, 5.74) is 4.83. The predicted octanol–water partition coefficient (Wildman–Crippen LogP) is -0.475. The molecule has 0 saturated heterocycles. The number of amides is 1. The monoisotopic (exact) mass is 308 g/mol. The van der Waals surface area contributed by atoms with Crippen molar-refractivity contribution in [2.45, 2.75) is 4.90 Å².